The fourth-order valence-corrected chi connectivity index (χ4v) is 2.66. The molecule has 0 spiro atoms. The molecule has 0 saturated carbocycles. The van der Waals surface area contributed by atoms with Gasteiger partial charge in [-0.1, -0.05) is 30.3 Å². The van der Waals surface area contributed by atoms with Crippen LogP contribution in [0.25, 0.3) is 0 Å². The van der Waals surface area contributed by atoms with E-state index < -0.39 is 24.3 Å². The highest BCUT2D eigenvalue weighted by atomic mass is 16.7. The highest BCUT2D eigenvalue weighted by Crippen LogP contribution is 2.41. The molecule has 0 radical (unpaired) electrons. The third kappa shape index (κ3) is 3.75. The molecule has 7 heteroatoms. The van der Waals surface area contributed by atoms with Gasteiger partial charge in [-0.15, -0.1) is 0 Å². The summed E-state index contributed by atoms with van der Waals surface area (Å²) in [6.45, 7) is 0. The molecule has 2 atom stereocenters. The average Bonchev–Trinajstić information content (AvgIpc) is 3.45. The van der Waals surface area contributed by atoms with Crippen LogP contribution in [0.15, 0.2) is 73.1 Å². The normalized spacial score (nSPS) is 17.6. The number of rotatable bonds is 5. The first-order chi connectivity index (χ1) is 13.6. The van der Waals surface area contributed by atoms with Crippen molar-refractivity contribution in [3.8, 4) is 11.5 Å². The van der Waals surface area contributed by atoms with Crippen LogP contribution >= 0.6 is 0 Å². The fraction of sp³-hybridized carbons (Fsp3) is 0.0952. The van der Waals surface area contributed by atoms with E-state index in [1.165, 1.54) is 18.3 Å². The van der Waals surface area contributed by atoms with Crippen LogP contribution in [0, 0.1) is 0 Å². The minimum absolute atomic E-state index is 0.0709. The largest absolute Gasteiger partial charge is 0.422 e. The predicted octanol–water partition coefficient (Wildman–Crippen LogP) is 2.91. The Morgan fingerprint density at radius 2 is 1.57 bits per heavy atom. The molecule has 1 N–H and O–H groups in total. The van der Waals surface area contributed by atoms with Gasteiger partial charge in [-0.25, -0.2) is 9.59 Å². The second-order valence-electron chi connectivity index (χ2n) is 6.00. The van der Waals surface area contributed by atoms with Gasteiger partial charge in [-0.05, 0) is 30.3 Å². The Morgan fingerprint density at radius 3 is 2.29 bits per heavy atom. The van der Waals surface area contributed by atoms with Gasteiger partial charge in [0.25, 0.3) is 0 Å². The van der Waals surface area contributed by atoms with Crippen LogP contribution in [0.2, 0.25) is 0 Å². The fourth-order valence-electron chi connectivity index (χ4n) is 2.66. The number of carbonyl (C=O) groups excluding carboxylic acids is 2. The maximum absolute atomic E-state index is 12.7. The van der Waals surface area contributed by atoms with E-state index in [2.05, 4.69) is 4.98 Å². The first-order valence-corrected chi connectivity index (χ1v) is 8.49. The van der Waals surface area contributed by atoms with Crippen molar-refractivity contribution in [2.45, 2.75) is 12.4 Å². The molecule has 1 aliphatic heterocycles. The Labute approximate surface area is 160 Å². The van der Waals surface area contributed by atoms with E-state index in [4.69, 9.17) is 14.2 Å². The van der Waals surface area contributed by atoms with Gasteiger partial charge >= 0.3 is 11.9 Å². The highest BCUT2D eigenvalue weighted by Gasteiger charge is 2.40. The second kappa shape index (κ2) is 7.59. The zero-order chi connectivity index (χ0) is 19.5. The molecule has 2 heterocycles. The molecule has 2 unspecified atom stereocenters. The lowest BCUT2D eigenvalue weighted by Gasteiger charge is -2.11. The zero-order valence-corrected chi connectivity index (χ0v) is 14.5. The van der Waals surface area contributed by atoms with Crippen molar-refractivity contribution in [1.29, 1.82) is 0 Å². The standard InChI is InChI=1S/C21H15NO6/c23-19(13-6-5-11-22-12-13)26-17-10-4-2-8-15(17)20(24)27-16-9-3-1-7-14(16)18-21(25)28-18/h1-12,18,21,25H. The molecule has 0 aliphatic carbocycles. The van der Waals surface area contributed by atoms with E-state index in [1.807, 2.05) is 0 Å². The van der Waals surface area contributed by atoms with E-state index in [9.17, 15) is 14.7 Å². The summed E-state index contributed by atoms with van der Waals surface area (Å²) in [4.78, 5) is 28.9. The molecule has 1 aliphatic rings. The number of pyridine rings is 1. The summed E-state index contributed by atoms with van der Waals surface area (Å²) in [6, 6.07) is 16.2. The Balaban J connectivity index is 1.55. The summed E-state index contributed by atoms with van der Waals surface area (Å²) in [5.74, 6) is -0.996. The molecule has 1 fully saturated rings. The number of hydrogen-bond acceptors (Lipinski definition) is 7. The zero-order valence-electron chi connectivity index (χ0n) is 14.5. The van der Waals surface area contributed by atoms with Crippen LogP contribution in [-0.2, 0) is 4.74 Å². The Hall–Kier alpha value is -3.55. The SMILES string of the molecule is O=C(Oc1ccccc1C(=O)Oc1ccccc1C1OC1O)c1cccnc1. The van der Waals surface area contributed by atoms with Crippen molar-refractivity contribution in [3.05, 3.63) is 89.7 Å². The summed E-state index contributed by atoms with van der Waals surface area (Å²) in [5.41, 5.74) is 0.913. The Bertz CT molecular complexity index is 1020. The van der Waals surface area contributed by atoms with E-state index in [1.54, 1.807) is 54.7 Å². The molecule has 1 aromatic heterocycles. The number of ether oxygens (including phenoxy) is 3. The van der Waals surface area contributed by atoms with E-state index in [0.29, 0.717) is 5.56 Å². The molecule has 1 saturated heterocycles. The molecule has 0 bridgehead atoms. The number of para-hydroxylation sites is 2. The van der Waals surface area contributed by atoms with Crippen LogP contribution in [0.5, 0.6) is 11.5 Å². The molecular weight excluding hydrogens is 362 g/mol. The maximum atomic E-state index is 12.7. The number of aliphatic hydroxyl groups excluding tert-OH is 1. The van der Waals surface area contributed by atoms with Crippen molar-refractivity contribution < 1.29 is 28.9 Å². The maximum Gasteiger partial charge on any atom is 0.347 e. The van der Waals surface area contributed by atoms with Gasteiger partial charge in [0.15, 0.2) is 6.29 Å². The number of nitrogens with zero attached hydrogens (tertiary/aromatic N) is 1. The van der Waals surface area contributed by atoms with Crippen molar-refractivity contribution in [3.63, 3.8) is 0 Å². The molecule has 2 aromatic carbocycles. The summed E-state index contributed by atoms with van der Waals surface area (Å²) in [5, 5.41) is 9.48. The molecule has 7 nitrogen and oxygen atoms in total. The van der Waals surface area contributed by atoms with E-state index >= 15 is 0 Å². The number of hydrogen-bond donors (Lipinski definition) is 1. The lowest BCUT2D eigenvalue weighted by Crippen LogP contribution is -2.15. The summed E-state index contributed by atoms with van der Waals surface area (Å²) >= 11 is 0. The summed E-state index contributed by atoms with van der Waals surface area (Å²) in [6.07, 6.45) is 1.48. The van der Waals surface area contributed by atoms with Gasteiger partial charge < -0.3 is 19.3 Å². The van der Waals surface area contributed by atoms with E-state index in [-0.39, 0.29) is 22.6 Å². The number of aromatic nitrogens is 1. The smallest absolute Gasteiger partial charge is 0.347 e. The minimum Gasteiger partial charge on any atom is -0.422 e. The van der Waals surface area contributed by atoms with Gasteiger partial charge in [-0.3, -0.25) is 4.98 Å². The van der Waals surface area contributed by atoms with Crippen molar-refractivity contribution in [1.82, 2.24) is 4.98 Å². The minimum atomic E-state index is -0.910. The highest BCUT2D eigenvalue weighted by molar-refractivity contribution is 5.97. The lowest BCUT2D eigenvalue weighted by atomic mass is 10.1. The van der Waals surface area contributed by atoms with Crippen molar-refractivity contribution in [2.24, 2.45) is 0 Å². The molecule has 140 valence electrons. The number of aliphatic hydroxyl groups is 1. The molecule has 0 amide bonds. The number of benzene rings is 2. The second-order valence-corrected chi connectivity index (χ2v) is 6.00. The lowest BCUT2D eigenvalue weighted by molar-refractivity contribution is 0.0705. The predicted molar refractivity (Wildman–Crippen MR) is 96.9 cm³/mol. The number of carbonyl (C=O) groups is 2. The monoisotopic (exact) mass is 377 g/mol. The van der Waals surface area contributed by atoms with Gasteiger partial charge in [-0.2, -0.15) is 0 Å². The van der Waals surface area contributed by atoms with Gasteiger partial charge in [0.1, 0.15) is 23.2 Å². The van der Waals surface area contributed by atoms with Crippen LogP contribution in [0.4, 0.5) is 0 Å². The molecule has 4 rings (SSSR count). The number of esters is 2. The van der Waals surface area contributed by atoms with Crippen LogP contribution < -0.4 is 9.47 Å². The quantitative estimate of drug-likeness (QED) is 0.415. The van der Waals surface area contributed by atoms with Crippen LogP contribution in [0.3, 0.4) is 0 Å². The first-order valence-electron chi connectivity index (χ1n) is 8.49. The molecule has 28 heavy (non-hydrogen) atoms. The van der Waals surface area contributed by atoms with Crippen molar-refractivity contribution >= 4 is 11.9 Å². The summed E-state index contributed by atoms with van der Waals surface area (Å²) < 4.78 is 15.9. The van der Waals surface area contributed by atoms with E-state index in [0.717, 1.165) is 0 Å². The van der Waals surface area contributed by atoms with Crippen molar-refractivity contribution in [2.75, 3.05) is 0 Å². The Kier molecular flexibility index (Phi) is 4.84. The topological polar surface area (TPSA) is 98.3 Å². The number of epoxide rings is 1. The average molecular weight is 377 g/mol. The van der Waals surface area contributed by atoms with Crippen LogP contribution in [-0.4, -0.2) is 28.3 Å². The van der Waals surface area contributed by atoms with Crippen LogP contribution in [0.1, 0.15) is 32.4 Å². The molecular formula is C21H15NO6. The van der Waals surface area contributed by atoms with Gasteiger partial charge in [0, 0.05) is 18.0 Å². The van der Waals surface area contributed by atoms with Gasteiger partial charge in [0.05, 0.1) is 5.56 Å². The molecule has 3 aromatic rings. The van der Waals surface area contributed by atoms with Gasteiger partial charge in [0.2, 0.25) is 0 Å². The third-order valence-corrected chi connectivity index (χ3v) is 4.10. The summed E-state index contributed by atoms with van der Waals surface area (Å²) in [7, 11) is 0. The first kappa shape index (κ1) is 17.8. The Morgan fingerprint density at radius 1 is 0.893 bits per heavy atom. The third-order valence-electron chi connectivity index (χ3n) is 4.10.